The first-order valence-electron chi connectivity index (χ1n) is 8.43. The minimum Gasteiger partial charge on any atom is -0.360 e. The van der Waals surface area contributed by atoms with Crippen LogP contribution < -0.4 is 14.7 Å². The molecule has 0 bridgehead atoms. The van der Waals surface area contributed by atoms with Crippen molar-refractivity contribution in [3.05, 3.63) is 58.6 Å². The molecule has 128 valence electrons. The second-order valence-electron chi connectivity index (χ2n) is 6.45. The number of amides is 1. The van der Waals surface area contributed by atoms with E-state index in [1.54, 1.807) is 11.0 Å². The first-order valence-corrected chi connectivity index (χ1v) is 9.22. The van der Waals surface area contributed by atoms with Crippen LogP contribution in [-0.2, 0) is 4.79 Å². The number of carbonyl (C=O) groups is 2. The highest BCUT2D eigenvalue weighted by molar-refractivity contribution is 9.10. The van der Waals surface area contributed by atoms with Gasteiger partial charge in [0.15, 0.2) is 6.67 Å². The maximum absolute atomic E-state index is 12.4. The monoisotopic (exact) mass is 400 g/mol. The SMILES string of the molecule is O=C1C(=O)N(C[NH+]2CCN(c3ccccc3)CC2)c2ccc(Br)cc21. The van der Waals surface area contributed by atoms with Gasteiger partial charge in [0.1, 0.15) is 0 Å². The lowest BCUT2D eigenvalue weighted by atomic mass is 10.1. The van der Waals surface area contributed by atoms with Crippen LogP contribution in [0, 0.1) is 0 Å². The fraction of sp³-hybridized carbons (Fsp3) is 0.263. The highest BCUT2D eigenvalue weighted by Gasteiger charge is 2.38. The minimum absolute atomic E-state index is 0.404. The second kappa shape index (κ2) is 6.61. The number of piperazine rings is 1. The van der Waals surface area contributed by atoms with Gasteiger partial charge in [-0.25, -0.2) is 0 Å². The molecule has 0 atom stereocenters. The molecule has 2 heterocycles. The molecular weight excluding hydrogens is 382 g/mol. The lowest BCUT2D eigenvalue weighted by molar-refractivity contribution is -0.899. The van der Waals surface area contributed by atoms with Gasteiger partial charge in [0.05, 0.1) is 37.4 Å². The average Bonchev–Trinajstić information content (AvgIpc) is 2.88. The van der Waals surface area contributed by atoms with Gasteiger partial charge < -0.3 is 9.80 Å². The van der Waals surface area contributed by atoms with Crippen molar-refractivity contribution in [3.8, 4) is 0 Å². The summed E-state index contributed by atoms with van der Waals surface area (Å²) >= 11 is 3.37. The number of fused-ring (bicyclic) bond motifs is 1. The van der Waals surface area contributed by atoms with Crippen LogP contribution in [0.3, 0.4) is 0 Å². The molecule has 1 saturated heterocycles. The third kappa shape index (κ3) is 3.07. The Bertz CT molecular complexity index is 817. The van der Waals surface area contributed by atoms with Crippen molar-refractivity contribution in [2.24, 2.45) is 0 Å². The Morgan fingerprint density at radius 3 is 2.44 bits per heavy atom. The fourth-order valence-electron chi connectivity index (χ4n) is 3.53. The number of ketones is 1. The van der Waals surface area contributed by atoms with Crippen molar-refractivity contribution in [1.82, 2.24) is 0 Å². The molecule has 0 aromatic heterocycles. The molecule has 0 spiro atoms. The zero-order chi connectivity index (χ0) is 17.4. The summed E-state index contributed by atoms with van der Waals surface area (Å²) in [7, 11) is 0. The zero-order valence-corrected chi connectivity index (χ0v) is 15.3. The van der Waals surface area contributed by atoms with E-state index in [-0.39, 0.29) is 0 Å². The molecular formula is C19H19BrN3O2+. The number of hydrogen-bond acceptors (Lipinski definition) is 3. The van der Waals surface area contributed by atoms with Crippen molar-refractivity contribution in [1.29, 1.82) is 0 Å². The van der Waals surface area contributed by atoms with Crippen molar-refractivity contribution in [3.63, 3.8) is 0 Å². The van der Waals surface area contributed by atoms with Crippen LogP contribution in [0.15, 0.2) is 53.0 Å². The normalized spacial score (nSPS) is 18.0. The predicted molar refractivity (Wildman–Crippen MR) is 100 cm³/mol. The molecule has 4 rings (SSSR count). The molecule has 25 heavy (non-hydrogen) atoms. The topological polar surface area (TPSA) is 45.1 Å². The summed E-state index contributed by atoms with van der Waals surface area (Å²) in [5, 5.41) is 0. The van der Waals surface area contributed by atoms with Gasteiger partial charge in [0.25, 0.3) is 5.78 Å². The Balaban J connectivity index is 1.44. The number of carbonyl (C=O) groups excluding carboxylic acids is 2. The van der Waals surface area contributed by atoms with Crippen molar-refractivity contribution >= 4 is 39.0 Å². The molecule has 2 aromatic rings. The van der Waals surface area contributed by atoms with Crippen molar-refractivity contribution < 1.29 is 14.5 Å². The molecule has 1 amide bonds. The number of quaternary nitrogens is 1. The zero-order valence-electron chi connectivity index (χ0n) is 13.7. The van der Waals surface area contributed by atoms with Crippen LogP contribution in [-0.4, -0.2) is 44.5 Å². The number of anilines is 2. The Labute approximate surface area is 155 Å². The van der Waals surface area contributed by atoms with Gasteiger partial charge in [-0.05, 0) is 30.3 Å². The molecule has 0 aliphatic carbocycles. The highest BCUT2D eigenvalue weighted by Crippen LogP contribution is 2.30. The summed E-state index contributed by atoms with van der Waals surface area (Å²) in [6.45, 7) is 4.32. The highest BCUT2D eigenvalue weighted by atomic mass is 79.9. The molecule has 0 saturated carbocycles. The summed E-state index contributed by atoms with van der Waals surface area (Å²) in [5.41, 5.74) is 2.47. The number of rotatable bonds is 3. The maximum Gasteiger partial charge on any atom is 0.303 e. The summed E-state index contributed by atoms with van der Waals surface area (Å²) in [5.74, 6) is -0.815. The number of para-hydroxylation sites is 1. The van der Waals surface area contributed by atoms with Gasteiger partial charge in [-0.2, -0.15) is 0 Å². The van der Waals surface area contributed by atoms with Crippen LogP contribution in [0.4, 0.5) is 11.4 Å². The van der Waals surface area contributed by atoms with Gasteiger partial charge in [-0.1, -0.05) is 34.1 Å². The Morgan fingerprint density at radius 2 is 1.72 bits per heavy atom. The number of hydrogen-bond donors (Lipinski definition) is 1. The summed E-state index contributed by atoms with van der Waals surface area (Å²) in [6.07, 6.45) is 0. The standard InChI is InChI=1S/C19H18BrN3O2/c20-14-6-7-17-16(12-14)18(24)19(25)23(17)13-21-8-10-22(11-9-21)15-4-2-1-3-5-15/h1-7,12H,8-11,13H2/p+1. The van der Waals surface area contributed by atoms with E-state index in [9.17, 15) is 9.59 Å². The first kappa shape index (κ1) is 16.3. The van der Waals surface area contributed by atoms with Gasteiger partial charge >= 0.3 is 5.91 Å². The summed E-state index contributed by atoms with van der Waals surface area (Å²) in [4.78, 5) is 29.9. The third-order valence-electron chi connectivity index (χ3n) is 4.91. The first-order chi connectivity index (χ1) is 12.1. The largest absolute Gasteiger partial charge is 0.360 e. The molecule has 0 unspecified atom stereocenters. The number of nitrogens with one attached hydrogen (secondary N) is 1. The van der Waals surface area contributed by atoms with E-state index < -0.39 is 11.7 Å². The minimum atomic E-state index is -0.411. The third-order valence-corrected chi connectivity index (χ3v) is 5.40. The predicted octanol–water partition coefficient (Wildman–Crippen LogP) is 1.34. The number of halogens is 1. The Kier molecular flexibility index (Phi) is 4.31. The second-order valence-corrected chi connectivity index (χ2v) is 7.37. The maximum atomic E-state index is 12.4. The summed E-state index contributed by atoms with van der Waals surface area (Å²) in [6, 6.07) is 15.8. The van der Waals surface area contributed by atoms with E-state index in [0.717, 1.165) is 36.3 Å². The lowest BCUT2D eigenvalue weighted by Gasteiger charge is -2.35. The van der Waals surface area contributed by atoms with Crippen LogP contribution in [0.5, 0.6) is 0 Å². The smallest absolute Gasteiger partial charge is 0.303 e. The van der Waals surface area contributed by atoms with Crippen LogP contribution in [0.2, 0.25) is 0 Å². The van der Waals surface area contributed by atoms with Gasteiger partial charge in [0.2, 0.25) is 0 Å². The lowest BCUT2D eigenvalue weighted by Crippen LogP contribution is -3.16. The number of nitrogens with zero attached hydrogens (tertiary/aromatic N) is 2. The van der Waals surface area contributed by atoms with Crippen molar-refractivity contribution in [2.45, 2.75) is 0 Å². The molecule has 0 radical (unpaired) electrons. The van der Waals surface area contributed by atoms with E-state index in [1.165, 1.54) is 10.6 Å². The molecule has 2 aliphatic rings. The van der Waals surface area contributed by atoms with E-state index in [2.05, 4.69) is 45.1 Å². The molecule has 1 N–H and O–H groups in total. The van der Waals surface area contributed by atoms with Crippen LogP contribution in [0.25, 0.3) is 0 Å². The van der Waals surface area contributed by atoms with Gasteiger partial charge in [-0.15, -0.1) is 0 Å². The molecule has 1 fully saturated rings. The Morgan fingerprint density at radius 1 is 1.00 bits per heavy atom. The van der Waals surface area contributed by atoms with Gasteiger partial charge in [-0.3, -0.25) is 14.5 Å². The number of Topliss-reactive ketones (excluding diaryl/α,β-unsaturated/α-hetero) is 1. The van der Waals surface area contributed by atoms with Crippen LogP contribution >= 0.6 is 15.9 Å². The number of benzene rings is 2. The van der Waals surface area contributed by atoms with Crippen molar-refractivity contribution in [2.75, 3.05) is 42.6 Å². The van der Waals surface area contributed by atoms with E-state index in [1.807, 2.05) is 18.2 Å². The Hall–Kier alpha value is -2.18. The van der Waals surface area contributed by atoms with Crippen LogP contribution in [0.1, 0.15) is 10.4 Å². The van der Waals surface area contributed by atoms with E-state index in [4.69, 9.17) is 0 Å². The van der Waals surface area contributed by atoms with Gasteiger partial charge in [0, 0.05) is 10.2 Å². The summed E-state index contributed by atoms with van der Waals surface area (Å²) < 4.78 is 0.818. The average molecular weight is 401 g/mol. The quantitative estimate of drug-likeness (QED) is 0.790. The van der Waals surface area contributed by atoms with E-state index >= 15 is 0 Å². The molecule has 2 aromatic carbocycles. The molecule has 6 heteroatoms. The molecule has 5 nitrogen and oxygen atoms in total. The van der Waals surface area contributed by atoms with E-state index in [0.29, 0.717) is 12.2 Å². The fourth-order valence-corrected chi connectivity index (χ4v) is 3.89. The molecule has 2 aliphatic heterocycles.